The first-order valence-corrected chi connectivity index (χ1v) is 4.14. The van der Waals surface area contributed by atoms with Crippen molar-refractivity contribution in [3.05, 3.63) is 28.5 Å². The number of hydrogen-bond acceptors (Lipinski definition) is 3. The Balaban J connectivity index is 3.03. The lowest BCUT2D eigenvalue weighted by Gasteiger charge is -1.93. The smallest absolute Gasteiger partial charge is 0.144 e. The molecule has 1 aromatic rings. The van der Waals surface area contributed by atoms with E-state index in [-0.39, 0.29) is 11.6 Å². The Labute approximate surface area is 86.3 Å². The monoisotopic (exact) mass is 204 g/mol. The van der Waals surface area contributed by atoms with Gasteiger partial charge in [-0.3, -0.25) is 0 Å². The van der Waals surface area contributed by atoms with Gasteiger partial charge in [-0.05, 0) is 6.07 Å². The minimum atomic E-state index is 0.146. The maximum absolute atomic E-state index is 10.00. The van der Waals surface area contributed by atoms with Crippen molar-refractivity contribution in [2.45, 2.75) is 6.42 Å². The largest absolute Gasteiger partial charge is 0.302 e. The average Bonchev–Trinajstić information content (AvgIpc) is 2.21. The lowest BCUT2D eigenvalue weighted by Crippen LogP contribution is -1.85. The first-order valence-electron chi connectivity index (χ1n) is 3.76. The number of rotatable bonds is 1. The molecule has 1 heterocycles. The summed E-state index contributed by atoms with van der Waals surface area (Å²) < 4.78 is 0. The molecule has 68 valence electrons. The van der Waals surface area contributed by atoms with Crippen molar-refractivity contribution >= 4 is 17.9 Å². The summed E-state index contributed by atoms with van der Waals surface area (Å²) in [7, 11) is 0. The van der Waals surface area contributed by atoms with Gasteiger partial charge in [0.2, 0.25) is 0 Å². The van der Waals surface area contributed by atoms with Gasteiger partial charge in [0.1, 0.15) is 17.5 Å². The summed E-state index contributed by atoms with van der Waals surface area (Å²) in [6, 6.07) is 3.46. The number of pyridine rings is 1. The molecule has 0 aliphatic heterocycles. The molecule has 0 atom stereocenters. The molecule has 14 heavy (non-hydrogen) atoms. The summed E-state index contributed by atoms with van der Waals surface area (Å²) >= 11 is 5.72. The maximum atomic E-state index is 10.00. The van der Waals surface area contributed by atoms with E-state index in [2.05, 4.69) is 16.8 Å². The lowest BCUT2D eigenvalue weighted by atomic mass is 10.2. The van der Waals surface area contributed by atoms with E-state index >= 15 is 0 Å². The standard InChI is InChI=1S/C10H5ClN2O/c11-10-9(3-1-2-4-14)5-8(6-12)7-13-10/h4-5,7H,2H2. The van der Waals surface area contributed by atoms with Crippen molar-refractivity contribution in [1.82, 2.24) is 4.98 Å². The summed E-state index contributed by atoms with van der Waals surface area (Å²) in [4.78, 5) is 13.8. The van der Waals surface area contributed by atoms with Crippen LogP contribution in [0.25, 0.3) is 0 Å². The Morgan fingerprint density at radius 1 is 1.64 bits per heavy atom. The number of carbonyl (C=O) groups excluding carboxylic acids is 1. The molecule has 0 aliphatic carbocycles. The number of hydrogen-bond donors (Lipinski definition) is 0. The van der Waals surface area contributed by atoms with Crippen LogP contribution in [-0.4, -0.2) is 11.3 Å². The predicted molar refractivity (Wildman–Crippen MR) is 51.5 cm³/mol. The topological polar surface area (TPSA) is 53.8 Å². The Bertz CT molecular complexity index is 451. The highest BCUT2D eigenvalue weighted by Crippen LogP contribution is 2.12. The Hall–Kier alpha value is -1.84. The van der Waals surface area contributed by atoms with Crippen LogP contribution < -0.4 is 0 Å². The molecule has 1 rings (SSSR count). The zero-order chi connectivity index (χ0) is 10.4. The summed E-state index contributed by atoms with van der Waals surface area (Å²) in [6.45, 7) is 0. The summed E-state index contributed by atoms with van der Waals surface area (Å²) in [6.07, 6.45) is 2.21. The Morgan fingerprint density at radius 3 is 3.07 bits per heavy atom. The van der Waals surface area contributed by atoms with Crippen LogP contribution >= 0.6 is 11.6 Å². The van der Waals surface area contributed by atoms with Crippen molar-refractivity contribution < 1.29 is 4.79 Å². The highest BCUT2D eigenvalue weighted by atomic mass is 35.5. The molecule has 0 radical (unpaired) electrons. The van der Waals surface area contributed by atoms with Crippen molar-refractivity contribution in [2.75, 3.05) is 0 Å². The number of aldehydes is 1. The first kappa shape index (κ1) is 10.2. The molecule has 0 saturated carbocycles. The fraction of sp³-hybridized carbons (Fsp3) is 0.100. The van der Waals surface area contributed by atoms with E-state index in [9.17, 15) is 4.79 Å². The molecule has 0 aromatic carbocycles. The van der Waals surface area contributed by atoms with Crippen molar-refractivity contribution in [1.29, 1.82) is 5.26 Å². The molecule has 0 amide bonds. The van der Waals surface area contributed by atoms with Crippen LogP contribution in [0.5, 0.6) is 0 Å². The fourth-order valence-corrected chi connectivity index (χ4v) is 0.935. The van der Waals surface area contributed by atoms with Gasteiger partial charge in [0.25, 0.3) is 0 Å². The Morgan fingerprint density at radius 2 is 2.43 bits per heavy atom. The van der Waals surface area contributed by atoms with Crippen molar-refractivity contribution in [3.63, 3.8) is 0 Å². The third-order valence-electron chi connectivity index (χ3n) is 1.38. The van der Waals surface area contributed by atoms with Gasteiger partial charge in [0.15, 0.2) is 0 Å². The SMILES string of the molecule is N#Cc1cnc(Cl)c(C#CCC=O)c1. The van der Waals surface area contributed by atoms with E-state index in [4.69, 9.17) is 16.9 Å². The maximum Gasteiger partial charge on any atom is 0.144 e. The summed E-state index contributed by atoms with van der Waals surface area (Å²) in [5, 5.41) is 8.83. The molecular formula is C10H5ClN2O. The minimum absolute atomic E-state index is 0.146. The highest BCUT2D eigenvalue weighted by molar-refractivity contribution is 6.30. The van der Waals surface area contributed by atoms with Gasteiger partial charge in [-0.15, -0.1) is 0 Å². The van der Waals surface area contributed by atoms with Crippen LogP contribution in [0.1, 0.15) is 17.5 Å². The second-order valence-corrected chi connectivity index (χ2v) is 2.70. The van der Waals surface area contributed by atoms with Gasteiger partial charge < -0.3 is 4.79 Å². The van der Waals surface area contributed by atoms with E-state index in [0.29, 0.717) is 17.4 Å². The van der Waals surface area contributed by atoms with E-state index in [1.165, 1.54) is 12.3 Å². The van der Waals surface area contributed by atoms with Crippen molar-refractivity contribution in [2.24, 2.45) is 0 Å². The van der Waals surface area contributed by atoms with Crippen LogP contribution in [0.2, 0.25) is 5.15 Å². The van der Waals surface area contributed by atoms with Crippen LogP contribution in [0.3, 0.4) is 0 Å². The molecule has 0 spiro atoms. The normalized spacial score (nSPS) is 8.29. The minimum Gasteiger partial charge on any atom is -0.302 e. The lowest BCUT2D eigenvalue weighted by molar-refractivity contribution is -0.107. The molecule has 4 heteroatoms. The van der Waals surface area contributed by atoms with Crippen LogP contribution in [-0.2, 0) is 4.79 Å². The van der Waals surface area contributed by atoms with Gasteiger partial charge >= 0.3 is 0 Å². The van der Waals surface area contributed by atoms with Gasteiger partial charge in [0, 0.05) is 6.20 Å². The fourth-order valence-electron chi connectivity index (χ4n) is 0.785. The summed E-state index contributed by atoms with van der Waals surface area (Å²) in [5.41, 5.74) is 0.859. The number of aromatic nitrogens is 1. The number of nitriles is 1. The molecular weight excluding hydrogens is 200 g/mol. The quantitative estimate of drug-likeness (QED) is 0.396. The van der Waals surface area contributed by atoms with Crippen LogP contribution in [0.15, 0.2) is 12.3 Å². The molecule has 0 saturated heterocycles. The van der Waals surface area contributed by atoms with Gasteiger partial charge in [0.05, 0.1) is 17.5 Å². The van der Waals surface area contributed by atoms with E-state index in [0.717, 1.165) is 0 Å². The Kier molecular flexibility index (Phi) is 3.67. The second-order valence-electron chi connectivity index (χ2n) is 2.35. The van der Waals surface area contributed by atoms with E-state index in [1.807, 2.05) is 6.07 Å². The predicted octanol–water partition coefficient (Wildman–Crippen LogP) is 1.55. The van der Waals surface area contributed by atoms with E-state index in [1.54, 1.807) is 0 Å². The van der Waals surface area contributed by atoms with Crippen LogP contribution in [0, 0.1) is 23.2 Å². The molecule has 0 N–H and O–H groups in total. The highest BCUT2D eigenvalue weighted by Gasteiger charge is 1.99. The van der Waals surface area contributed by atoms with Gasteiger partial charge in [-0.25, -0.2) is 4.98 Å². The zero-order valence-electron chi connectivity index (χ0n) is 7.12. The number of nitrogens with zero attached hydrogens (tertiary/aromatic N) is 2. The average molecular weight is 205 g/mol. The van der Waals surface area contributed by atoms with E-state index < -0.39 is 0 Å². The molecule has 0 aliphatic rings. The molecule has 0 fully saturated rings. The first-order chi connectivity index (χ1) is 6.77. The third-order valence-corrected chi connectivity index (χ3v) is 1.68. The molecule has 1 aromatic heterocycles. The van der Waals surface area contributed by atoms with Gasteiger partial charge in [-0.2, -0.15) is 5.26 Å². The summed E-state index contributed by atoms with van der Waals surface area (Å²) in [5.74, 6) is 5.25. The number of carbonyl (C=O) groups is 1. The van der Waals surface area contributed by atoms with Gasteiger partial charge in [-0.1, -0.05) is 23.4 Å². The third kappa shape index (κ3) is 2.58. The second kappa shape index (κ2) is 5.01. The molecule has 0 unspecified atom stereocenters. The van der Waals surface area contributed by atoms with Crippen LogP contribution in [0.4, 0.5) is 0 Å². The molecule has 0 bridgehead atoms. The molecule has 3 nitrogen and oxygen atoms in total. The van der Waals surface area contributed by atoms with Crippen molar-refractivity contribution in [3.8, 4) is 17.9 Å². The number of halogens is 1. The zero-order valence-corrected chi connectivity index (χ0v) is 7.88.